The van der Waals surface area contributed by atoms with Crippen LogP contribution in [0.2, 0.25) is 0 Å². The molecule has 0 amide bonds. The van der Waals surface area contributed by atoms with Crippen LogP contribution in [0.5, 0.6) is 0 Å². The van der Waals surface area contributed by atoms with E-state index in [9.17, 15) is 4.79 Å². The number of pyridine rings is 1. The first kappa shape index (κ1) is 20.0. The topological polar surface area (TPSA) is 66.3 Å². The van der Waals surface area contributed by atoms with Gasteiger partial charge in [-0.25, -0.2) is 4.98 Å². The lowest BCUT2D eigenvalue weighted by atomic mass is 9.95. The Kier molecular flexibility index (Phi) is 5.59. The zero-order chi connectivity index (χ0) is 21.2. The van der Waals surface area contributed by atoms with Crippen LogP contribution in [0.3, 0.4) is 0 Å². The molecule has 2 aromatic heterocycles. The number of benzene rings is 1. The van der Waals surface area contributed by atoms with Crippen LogP contribution in [0.4, 0.5) is 17.3 Å². The summed E-state index contributed by atoms with van der Waals surface area (Å²) in [5.41, 5.74) is 2.89. The number of rotatable bonds is 4. The fraction of sp³-hybridized carbons (Fsp3) is 0.458. The first-order valence-electron chi connectivity index (χ1n) is 11.4. The van der Waals surface area contributed by atoms with Gasteiger partial charge in [0.1, 0.15) is 5.65 Å². The number of hydrogen-bond acceptors (Lipinski definition) is 6. The number of nitrogens with one attached hydrogen (secondary N) is 1. The van der Waals surface area contributed by atoms with Crippen LogP contribution in [-0.2, 0) is 0 Å². The van der Waals surface area contributed by atoms with Crippen LogP contribution in [0, 0.1) is 0 Å². The fourth-order valence-corrected chi connectivity index (χ4v) is 4.72. The molecule has 0 atom stereocenters. The number of nitrogens with zero attached hydrogens (tertiary/aromatic N) is 5. The summed E-state index contributed by atoms with van der Waals surface area (Å²) in [4.78, 5) is 26.3. The summed E-state index contributed by atoms with van der Waals surface area (Å²) in [6.07, 6.45) is 9.59. The van der Waals surface area contributed by atoms with Gasteiger partial charge in [-0.05, 0) is 44.2 Å². The van der Waals surface area contributed by atoms with Crippen molar-refractivity contribution in [3.63, 3.8) is 0 Å². The summed E-state index contributed by atoms with van der Waals surface area (Å²) in [5, 5.41) is 3.91. The molecule has 1 aromatic carbocycles. The lowest BCUT2D eigenvalue weighted by molar-refractivity contribution is 0.313. The molecule has 0 unspecified atom stereocenters. The molecule has 0 radical (unpaired) electrons. The third kappa shape index (κ3) is 4.28. The molecule has 1 saturated carbocycles. The van der Waals surface area contributed by atoms with Crippen LogP contribution in [0.25, 0.3) is 11.0 Å². The number of aromatic nitrogens is 3. The number of piperazine rings is 1. The van der Waals surface area contributed by atoms with Crippen LogP contribution in [0.15, 0.2) is 47.5 Å². The molecule has 3 aromatic rings. The van der Waals surface area contributed by atoms with Crippen molar-refractivity contribution >= 4 is 28.4 Å². The largest absolute Gasteiger partial charge is 0.369 e. The lowest BCUT2D eigenvalue weighted by Crippen LogP contribution is -2.44. The van der Waals surface area contributed by atoms with Crippen molar-refractivity contribution in [3.05, 3.63) is 52.9 Å². The molecule has 3 heterocycles. The van der Waals surface area contributed by atoms with E-state index in [4.69, 9.17) is 4.98 Å². The Morgan fingerprint density at radius 1 is 0.968 bits per heavy atom. The third-order valence-corrected chi connectivity index (χ3v) is 6.63. The molecule has 1 saturated heterocycles. The van der Waals surface area contributed by atoms with Gasteiger partial charge in [0.15, 0.2) is 5.43 Å². The van der Waals surface area contributed by atoms with Gasteiger partial charge in [-0.3, -0.25) is 4.79 Å². The van der Waals surface area contributed by atoms with E-state index in [-0.39, 0.29) is 5.43 Å². The number of likely N-dealkylation sites (N-methyl/N-ethyl adjacent to an activating group) is 1. The smallest absolute Gasteiger partial charge is 0.229 e. The standard InChI is InChI=1S/C24H30N6O/c1-28-13-15-29(16-14-28)19-9-7-18(8-10-19)26-24-25-17-21-22(31)11-12-30(23(21)27-24)20-5-3-2-4-6-20/h7-12,17,20H,2-6,13-16H2,1H3,(H,25,26,27). The Morgan fingerprint density at radius 3 is 2.45 bits per heavy atom. The van der Waals surface area contributed by atoms with E-state index < -0.39 is 0 Å². The molecular formula is C24H30N6O. The maximum atomic E-state index is 12.4. The number of hydrogen-bond donors (Lipinski definition) is 1. The molecule has 2 fully saturated rings. The molecular weight excluding hydrogens is 388 g/mol. The predicted molar refractivity (Wildman–Crippen MR) is 125 cm³/mol. The lowest BCUT2D eigenvalue weighted by Gasteiger charge is -2.34. The average Bonchev–Trinajstić information content (AvgIpc) is 2.81. The maximum absolute atomic E-state index is 12.4. The second-order valence-electron chi connectivity index (χ2n) is 8.77. The minimum absolute atomic E-state index is 0.0230. The molecule has 0 bridgehead atoms. The van der Waals surface area contributed by atoms with Gasteiger partial charge in [0.25, 0.3) is 0 Å². The fourth-order valence-electron chi connectivity index (χ4n) is 4.72. The zero-order valence-electron chi connectivity index (χ0n) is 18.1. The molecule has 7 heteroatoms. The predicted octanol–water partition coefficient (Wildman–Crippen LogP) is 3.79. The van der Waals surface area contributed by atoms with Gasteiger partial charge >= 0.3 is 0 Å². The number of fused-ring (bicyclic) bond motifs is 1. The minimum atomic E-state index is -0.0230. The van der Waals surface area contributed by atoms with E-state index in [1.54, 1.807) is 12.3 Å². The maximum Gasteiger partial charge on any atom is 0.229 e. The van der Waals surface area contributed by atoms with Gasteiger partial charge in [0.05, 0.1) is 5.39 Å². The summed E-state index contributed by atoms with van der Waals surface area (Å²) in [7, 11) is 2.17. The highest BCUT2D eigenvalue weighted by atomic mass is 16.1. The van der Waals surface area contributed by atoms with Crippen molar-refractivity contribution in [2.75, 3.05) is 43.4 Å². The van der Waals surface area contributed by atoms with E-state index >= 15 is 0 Å². The highest BCUT2D eigenvalue weighted by molar-refractivity contribution is 5.75. The molecule has 1 aliphatic heterocycles. The monoisotopic (exact) mass is 418 g/mol. The highest BCUT2D eigenvalue weighted by Crippen LogP contribution is 2.30. The summed E-state index contributed by atoms with van der Waals surface area (Å²) < 4.78 is 2.18. The van der Waals surface area contributed by atoms with E-state index in [2.05, 4.69) is 56.0 Å². The van der Waals surface area contributed by atoms with Gasteiger partial charge in [-0.1, -0.05) is 19.3 Å². The second-order valence-corrected chi connectivity index (χ2v) is 8.77. The molecule has 1 N–H and O–H groups in total. The van der Waals surface area contributed by atoms with Crippen LogP contribution in [0.1, 0.15) is 38.1 Å². The first-order chi connectivity index (χ1) is 15.2. The summed E-state index contributed by atoms with van der Waals surface area (Å²) in [5.74, 6) is 0.523. The first-order valence-corrected chi connectivity index (χ1v) is 11.4. The summed E-state index contributed by atoms with van der Waals surface area (Å²) in [6, 6.07) is 10.5. The van der Waals surface area contributed by atoms with Gasteiger partial charge < -0.3 is 19.7 Å². The zero-order valence-corrected chi connectivity index (χ0v) is 18.1. The summed E-state index contributed by atoms with van der Waals surface area (Å²) >= 11 is 0. The Bertz CT molecular complexity index is 1100. The Labute approximate surface area is 182 Å². The van der Waals surface area contributed by atoms with Gasteiger partial charge in [-0.2, -0.15) is 4.98 Å². The van der Waals surface area contributed by atoms with Gasteiger partial charge in [0.2, 0.25) is 5.95 Å². The van der Waals surface area contributed by atoms with E-state index in [1.807, 2.05) is 6.20 Å². The third-order valence-electron chi connectivity index (χ3n) is 6.63. The van der Waals surface area contributed by atoms with Crippen molar-refractivity contribution in [3.8, 4) is 0 Å². The van der Waals surface area contributed by atoms with Crippen LogP contribution < -0.4 is 15.6 Å². The Morgan fingerprint density at radius 2 is 1.71 bits per heavy atom. The molecule has 1 aliphatic carbocycles. The number of anilines is 3. The van der Waals surface area contributed by atoms with E-state index in [0.717, 1.165) is 50.4 Å². The molecule has 31 heavy (non-hydrogen) atoms. The molecule has 2 aliphatic rings. The Balaban J connectivity index is 1.38. The van der Waals surface area contributed by atoms with Crippen molar-refractivity contribution < 1.29 is 0 Å². The van der Waals surface area contributed by atoms with Gasteiger partial charge in [-0.15, -0.1) is 0 Å². The van der Waals surface area contributed by atoms with Crippen LogP contribution >= 0.6 is 0 Å². The highest BCUT2D eigenvalue weighted by Gasteiger charge is 2.18. The molecule has 5 rings (SSSR count). The minimum Gasteiger partial charge on any atom is -0.369 e. The van der Waals surface area contributed by atoms with Crippen molar-refractivity contribution in [2.24, 2.45) is 0 Å². The average molecular weight is 419 g/mol. The normalized spacial score (nSPS) is 18.4. The van der Waals surface area contributed by atoms with E-state index in [1.165, 1.54) is 24.9 Å². The van der Waals surface area contributed by atoms with Crippen molar-refractivity contribution in [1.29, 1.82) is 0 Å². The summed E-state index contributed by atoms with van der Waals surface area (Å²) in [6.45, 7) is 4.28. The van der Waals surface area contributed by atoms with Crippen molar-refractivity contribution in [2.45, 2.75) is 38.1 Å². The van der Waals surface area contributed by atoms with E-state index in [0.29, 0.717) is 17.4 Å². The van der Waals surface area contributed by atoms with Gasteiger partial charge in [0, 0.05) is 62.1 Å². The second kappa shape index (κ2) is 8.67. The van der Waals surface area contributed by atoms with Crippen molar-refractivity contribution in [1.82, 2.24) is 19.4 Å². The SMILES string of the molecule is CN1CCN(c2ccc(Nc3ncc4c(=O)ccn(C5CCCCC5)c4n3)cc2)CC1. The van der Waals surface area contributed by atoms with Crippen LogP contribution in [-0.4, -0.2) is 52.7 Å². The molecule has 0 spiro atoms. The molecule has 162 valence electrons. The molecule has 7 nitrogen and oxygen atoms in total. The quantitative estimate of drug-likeness (QED) is 0.695. The Hall–Kier alpha value is -2.93.